The number of hydrogen-bond donors (Lipinski definition) is 1. The SMILES string of the molecule is CC(=O)c1ccc(NC(=O)C(C)N2CCCCC2C)cc1. The number of hydrogen-bond acceptors (Lipinski definition) is 3. The molecule has 1 aromatic carbocycles. The van der Waals surface area contributed by atoms with Crippen molar-refractivity contribution >= 4 is 17.4 Å². The first-order chi connectivity index (χ1) is 9.99. The second kappa shape index (κ2) is 6.85. The first kappa shape index (κ1) is 15.7. The van der Waals surface area contributed by atoms with Gasteiger partial charge in [0.15, 0.2) is 5.78 Å². The van der Waals surface area contributed by atoms with Crippen LogP contribution in [0.25, 0.3) is 0 Å². The Labute approximate surface area is 126 Å². The largest absolute Gasteiger partial charge is 0.325 e. The molecular formula is C17H24N2O2. The average molecular weight is 288 g/mol. The summed E-state index contributed by atoms with van der Waals surface area (Å²) in [4.78, 5) is 25.9. The molecule has 1 fully saturated rings. The molecule has 1 saturated heterocycles. The highest BCUT2D eigenvalue weighted by atomic mass is 16.2. The molecule has 4 nitrogen and oxygen atoms in total. The lowest BCUT2D eigenvalue weighted by Gasteiger charge is -2.37. The first-order valence-corrected chi connectivity index (χ1v) is 7.66. The minimum absolute atomic E-state index is 0.0133. The predicted molar refractivity (Wildman–Crippen MR) is 84.6 cm³/mol. The Bertz CT molecular complexity index is 510. The Hall–Kier alpha value is -1.68. The standard InChI is InChI=1S/C17H24N2O2/c1-12-6-4-5-11-19(12)13(2)17(21)18-16-9-7-15(8-10-16)14(3)20/h7-10,12-13H,4-6,11H2,1-3H3,(H,18,21). The molecule has 0 spiro atoms. The lowest BCUT2D eigenvalue weighted by molar-refractivity contribution is -0.122. The maximum absolute atomic E-state index is 12.4. The average Bonchev–Trinajstić information content (AvgIpc) is 2.47. The van der Waals surface area contributed by atoms with Crippen molar-refractivity contribution in [2.45, 2.75) is 52.1 Å². The summed E-state index contributed by atoms with van der Waals surface area (Å²) in [6, 6.07) is 7.37. The number of amides is 1. The summed E-state index contributed by atoms with van der Waals surface area (Å²) in [7, 11) is 0. The molecule has 21 heavy (non-hydrogen) atoms. The molecule has 1 N–H and O–H groups in total. The van der Waals surface area contributed by atoms with Gasteiger partial charge in [-0.15, -0.1) is 0 Å². The topological polar surface area (TPSA) is 49.4 Å². The van der Waals surface area contributed by atoms with Crippen LogP contribution in [0.3, 0.4) is 0 Å². The van der Waals surface area contributed by atoms with Crippen molar-refractivity contribution in [1.82, 2.24) is 4.90 Å². The maximum Gasteiger partial charge on any atom is 0.241 e. The monoisotopic (exact) mass is 288 g/mol. The second-order valence-corrected chi connectivity index (χ2v) is 5.88. The molecule has 1 aliphatic heterocycles. The van der Waals surface area contributed by atoms with Crippen molar-refractivity contribution in [2.75, 3.05) is 11.9 Å². The highest BCUT2D eigenvalue weighted by Crippen LogP contribution is 2.20. The smallest absolute Gasteiger partial charge is 0.241 e. The molecular weight excluding hydrogens is 264 g/mol. The van der Waals surface area contributed by atoms with Crippen LogP contribution in [0.4, 0.5) is 5.69 Å². The second-order valence-electron chi connectivity index (χ2n) is 5.88. The zero-order valence-electron chi connectivity index (χ0n) is 13.1. The molecule has 0 saturated carbocycles. The third kappa shape index (κ3) is 3.91. The van der Waals surface area contributed by atoms with Gasteiger partial charge < -0.3 is 5.32 Å². The number of Topliss-reactive ketones (excluding diaryl/α,β-unsaturated/α-hetero) is 1. The van der Waals surface area contributed by atoms with Crippen molar-refractivity contribution in [2.24, 2.45) is 0 Å². The number of ketones is 1. The van der Waals surface area contributed by atoms with Gasteiger partial charge in [-0.1, -0.05) is 6.42 Å². The van der Waals surface area contributed by atoms with Gasteiger partial charge in [0.05, 0.1) is 6.04 Å². The number of carbonyl (C=O) groups is 2. The van der Waals surface area contributed by atoms with E-state index in [0.717, 1.165) is 25.1 Å². The number of likely N-dealkylation sites (tertiary alicyclic amines) is 1. The van der Waals surface area contributed by atoms with Gasteiger partial charge in [0.2, 0.25) is 5.91 Å². The van der Waals surface area contributed by atoms with Gasteiger partial charge in [0.1, 0.15) is 0 Å². The first-order valence-electron chi connectivity index (χ1n) is 7.66. The number of piperidine rings is 1. The van der Waals surface area contributed by atoms with Crippen molar-refractivity contribution < 1.29 is 9.59 Å². The van der Waals surface area contributed by atoms with Gasteiger partial charge in [-0.2, -0.15) is 0 Å². The summed E-state index contributed by atoms with van der Waals surface area (Å²) in [6.07, 6.45) is 3.57. The Balaban J connectivity index is 1.98. The molecule has 2 atom stereocenters. The molecule has 1 aromatic rings. The van der Waals surface area contributed by atoms with Gasteiger partial charge in [-0.25, -0.2) is 0 Å². The van der Waals surface area contributed by atoms with E-state index in [4.69, 9.17) is 0 Å². The van der Waals surface area contributed by atoms with Crippen molar-refractivity contribution in [3.8, 4) is 0 Å². The molecule has 0 aliphatic carbocycles. The highest BCUT2D eigenvalue weighted by molar-refractivity contribution is 5.97. The summed E-state index contributed by atoms with van der Waals surface area (Å²) in [6.45, 7) is 6.66. The van der Waals surface area contributed by atoms with E-state index in [0.29, 0.717) is 11.6 Å². The van der Waals surface area contributed by atoms with Crippen molar-refractivity contribution in [3.63, 3.8) is 0 Å². The van der Waals surface area contributed by atoms with Gasteiger partial charge >= 0.3 is 0 Å². The van der Waals surface area contributed by atoms with Gasteiger partial charge in [-0.05, 0) is 64.4 Å². The van der Waals surface area contributed by atoms with E-state index in [1.165, 1.54) is 13.3 Å². The fourth-order valence-electron chi connectivity index (χ4n) is 2.88. The van der Waals surface area contributed by atoms with Gasteiger partial charge in [-0.3, -0.25) is 14.5 Å². The fraction of sp³-hybridized carbons (Fsp3) is 0.529. The van der Waals surface area contributed by atoms with E-state index in [2.05, 4.69) is 17.1 Å². The Morgan fingerprint density at radius 2 is 1.90 bits per heavy atom. The van der Waals surface area contributed by atoms with Crippen LogP contribution in [0.1, 0.15) is 50.4 Å². The predicted octanol–water partition coefficient (Wildman–Crippen LogP) is 3.09. The highest BCUT2D eigenvalue weighted by Gasteiger charge is 2.27. The fourth-order valence-corrected chi connectivity index (χ4v) is 2.88. The minimum Gasteiger partial charge on any atom is -0.325 e. The van der Waals surface area contributed by atoms with E-state index in [-0.39, 0.29) is 17.7 Å². The van der Waals surface area contributed by atoms with Gasteiger partial charge in [0.25, 0.3) is 0 Å². The van der Waals surface area contributed by atoms with Crippen LogP contribution in [0.5, 0.6) is 0 Å². The maximum atomic E-state index is 12.4. The molecule has 0 bridgehead atoms. The van der Waals surface area contributed by atoms with Crippen LogP contribution < -0.4 is 5.32 Å². The molecule has 0 aromatic heterocycles. The lowest BCUT2D eigenvalue weighted by atomic mass is 10.0. The Morgan fingerprint density at radius 3 is 2.48 bits per heavy atom. The van der Waals surface area contributed by atoms with Crippen molar-refractivity contribution in [1.29, 1.82) is 0 Å². The Kier molecular flexibility index (Phi) is 5.12. The summed E-state index contributed by atoms with van der Waals surface area (Å²) in [5.41, 5.74) is 1.40. The Morgan fingerprint density at radius 1 is 1.24 bits per heavy atom. The molecule has 2 rings (SSSR count). The van der Waals surface area contributed by atoms with Crippen LogP contribution in [-0.4, -0.2) is 35.2 Å². The lowest BCUT2D eigenvalue weighted by Crippen LogP contribution is -2.48. The number of carbonyl (C=O) groups excluding carboxylic acids is 2. The number of anilines is 1. The third-order valence-corrected chi connectivity index (χ3v) is 4.29. The summed E-state index contributed by atoms with van der Waals surface area (Å²) in [5, 5.41) is 2.93. The minimum atomic E-state index is -0.132. The van der Waals surface area contributed by atoms with E-state index >= 15 is 0 Å². The summed E-state index contributed by atoms with van der Waals surface area (Å²) < 4.78 is 0. The molecule has 1 heterocycles. The van der Waals surface area contributed by atoms with E-state index < -0.39 is 0 Å². The number of rotatable bonds is 4. The van der Waals surface area contributed by atoms with Crippen LogP contribution >= 0.6 is 0 Å². The van der Waals surface area contributed by atoms with Crippen molar-refractivity contribution in [3.05, 3.63) is 29.8 Å². The van der Waals surface area contributed by atoms with Crippen LogP contribution in [0, 0.1) is 0 Å². The third-order valence-electron chi connectivity index (χ3n) is 4.29. The van der Waals surface area contributed by atoms with E-state index in [9.17, 15) is 9.59 Å². The molecule has 0 radical (unpaired) electrons. The normalized spacial score (nSPS) is 20.8. The molecule has 114 valence electrons. The zero-order valence-corrected chi connectivity index (χ0v) is 13.1. The number of nitrogens with zero attached hydrogens (tertiary/aromatic N) is 1. The molecule has 1 amide bonds. The van der Waals surface area contributed by atoms with Crippen LogP contribution in [0.2, 0.25) is 0 Å². The molecule has 2 unspecified atom stereocenters. The van der Waals surface area contributed by atoms with Crippen LogP contribution in [0.15, 0.2) is 24.3 Å². The summed E-state index contributed by atoms with van der Waals surface area (Å²) >= 11 is 0. The quantitative estimate of drug-likeness (QED) is 0.866. The van der Waals surface area contributed by atoms with Crippen LogP contribution in [-0.2, 0) is 4.79 Å². The summed E-state index contributed by atoms with van der Waals surface area (Å²) in [5.74, 6) is 0.0442. The zero-order chi connectivity index (χ0) is 15.4. The number of nitrogens with one attached hydrogen (secondary N) is 1. The van der Waals surface area contributed by atoms with E-state index in [1.807, 2.05) is 6.92 Å². The molecule has 4 heteroatoms. The van der Waals surface area contributed by atoms with E-state index in [1.54, 1.807) is 24.3 Å². The van der Waals surface area contributed by atoms with Gasteiger partial charge in [0, 0.05) is 17.3 Å². The molecule has 1 aliphatic rings. The number of benzene rings is 1.